The van der Waals surface area contributed by atoms with Gasteiger partial charge in [-0.1, -0.05) is 58.2 Å². The van der Waals surface area contributed by atoms with Crippen LogP contribution in [-0.2, 0) is 6.54 Å². The lowest BCUT2D eigenvalue weighted by Crippen LogP contribution is -2.17. The SMILES string of the molecule is CCC(Br)CCNCc1cccc(Cl)c1Cl. The first-order chi connectivity index (χ1) is 7.65. The van der Waals surface area contributed by atoms with Gasteiger partial charge in [-0.15, -0.1) is 0 Å². The van der Waals surface area contributed by atoms with Crippen LogP contribution >= 0.6 is 39.1 Å². The topological polar surface area (TPSA) is 12.0 Å². The summed E-state index contributed by atoms with van der Waals surface area (Å²) >= 11 is 15.6. The lowest BCUT2D eigenvalue weighted by Gasteiger charge is -2.09. The molecule has 1 N–H and O–H groups in total. The van der Waals surface area contributed by atoms with Gasteiger partial charge >= 0.3 is 0 Å². The Kier molecular flexibility index (Phi) is 6.74. The Labute approximate surface area is 116 Å². The van der Waals surface area contributed by atoms with Crippen LogP contribution in [0.5, 0.6) is 0 Å². The van der Waals surface area contributed by atoms with E-state index in [1.165, 1.54) is 0 Å². The minimum absolute atomic E-state index is 0.592. The molecule has 1 atom stereocenters. The molecular formula is C12H16BrCl2N. The molecular weight excluding hydrogens is 309 g/mol. The molecule has 16 heavy (non-hydrogen) atoms. The van der Waals surface area contributed by atoms with Gasteiger partial charge in [-0.25, -0.2) is 0 Å². The monoisotopic (exact) mass is 323 g/mol. The van der Waals surface area contributed by atoms with E-state index in [4.69, 9.17) is 23.2 Å². The second kappa shape index (κ2) is 7.54. The van der Waals surface area contributed by atoms with E-state index in [0.717, 1.165) is 31.5 Å². The number of alkyl halides is 1. The number of rotatable bonds is 6. The third-order valence-electron chi connectivity index (χ3n) is 2.42. The summed E-state index contributed by atoms with van der Waals surface area (Å²) in [5.41, 5.74) is 1.05. The van der Waals surface area contributed by atoms with Crippen LogP contribution in [0, 0.1) is 0 Å². The maximum atomic E-state index is 6.08. The molecule has 0 saturated carbocycles. The highest BCUT2D eigenvalue weighted by Gasteiger charge is 2.04. The van der Waals surface area contributed by atoms with E-state index < -0.39 is 0 Å². The largest absolute Gasteiger partial charge is 0.313 e. The predicted octanol–water partition coefficient (Wildman–Crippen LogP) is 4.65. The van der Waals surface area contributed by atoms with Gasteiger partial charge in [0.25, 0.3) is 0 Å². The fourth-order valence-corrected chi connectivity index (χ4v) is 1.99. The van der Waals surface area contributed by atoms with Crippen molar-refractivity contribution in [1.29, 1.82) is 0 Å². The van der Waals surface area contributed by atoms with Crippen molar-refractivity contribution in [2.24, 2.45) is 0 Å². The highest BCUT2D eigenvalue weighted by molar-refractivity contribution is 9.09. The van der Waals surface area contributed by atoms with Gasteiger partial charge < -0.3 is 5.32 Å². The fourth-order valence-electron chi connectivity index (χ4n) is 1.37. The Morgan fingerprint density at radius 1 is 1.38 bits per heavy atom. The minimum atomic E-state index is 0.592. The molecule has 0 bridgehead atoms. The maximum Gasteiger partial charge on any atom is 0.0637 e. The highest BCUT2D eigenvalue weighted by Crippen LogP contribution is 2.25. The van der Waals surface area contributed by atoms with E-state index in [1.807, 2.05) is 12.1 Å². The fraction of sp³-hybridized carbons (Fsp3) is 0.500. The highest BCUT2D eigenvalue weighted by atomic mass is 79.9. The van der Waals surface area contributed by atoms with Crippen LogP contribution in [0.25, 0.3) is 0 Å². The molecule has 90 valence electrons. The van der Waals surface area contributed by atoms with Crippen LogP contribution in [0.15, 0.2) is 18.2 Å². The molecule has 0 aliphatic heterocycles. The third-order valence-corrected chi connectivity index (χ3v) is 4.39. The van der Waals surface area contributed by atoms with Crippen LogP contribution in [0.3, 0.4) is 0 Å². The summed E-state index contributed by atoms with van der Waals surface area (Å²) in [7, 11) is 0. The van der Waals surface area contributed by atoms with Gasteiger partial charge in [0.05, 0.1) is 10.0 Å². The lowest BCUT2D eigenvalue weighted by molar-refractivity contribution is 0.630. The van der Waals surface area contributed by atoms with Gasteiger partial charge in [-0.05, 0) is 31.0 Å². The predicted molar refractivity (Wildman–Crippen MR) is 75.8 cm³/mol. The smallest absolute Gasteiger partial charge is 0.0637 e. The molecule has 0 spiro atoms. The van der Waals surface area contributed by atoms with Crippen LogP contribution in [0.2, 0.25) is 10.0 Å². The molecule has 1 aromatic carbocycles. The van der Waals surface area contributed by atoms with Crippen molar-refractivity contribution < 1.29 is 0 Å². The molecule has 1 nitrogen and oxygen atoms in total. The summed E-state index contributed by atoms with van der Waals surface area (Å²) in [5, 5.41) is 4.64. The van der Waals surface area contributed by atoms with Crippen molar-refractivity contribution in [2.75, 3.05) is 6.54 Å². The molecule has 0 amide bonds. The zero-order chi connectivity index (χ0) is 12.0. The molecule has 0 fully saturated rings. The minimum Gasteiger partial charge on any atom is -0.313 e. The summed E-state index contributed by atoms with van der Waals surface area (Å²) in [5.74, 6) is 0. The number of nitrogens with one attached hydrogen (secondary N) is 1. The van der Waals surface area contributed by atoms with E-state index in [9.17, 15) is 0 Å². The second-order valence-electron chi connectivity index (χ2n) is 3.68. The van der Waals surface area contributed by atoms with Crippen molar-refractivity contribution in [2.45, 2.75) is 31.1 Å². The number of benzene rings is 1. The van der Waals surface area contributed by atoms with Crippen LogP contribution in [0.4, 0.5) is 0 Å². The van der Waals surface area contributed by atoms with Gasteiger partial charge in [0.15, 0.2) is 0 Å². The van der Waals surface area contributed by atoms with Gasteiger partial charge in [0, 0.05) is 11.4 Å². The Morgan fingerprint density at radius 3 is 2.81 bits per heavy atom. The summed E-state index contributed by atoms with van der Waals surface area (Å²) in [4.78, 5) is 0.592. The lowest BCUT2D eigenvalue weighted by atomic mass is 10.2. The summed E-state index contributed by atoms with van der Waals surface area (Å²) < 4.78 is 0. The van der Waals surface area contributed by atoms with Crippen LogP contribution < -0.4 is 5.32 Å². The molecule has 4 heteroatoms. The Balaban J connectivity index is 2.35. The Hall–Kier alpha value is 0.240. The zero-order valence-corrected chi connectivity index (χ0v) is 12.4. The number of hydrogen-bond acceptors (Lipinski definition) is 1. The molecule has 0 aliphatic carbocycles. The first-order valence-corrected chi connectivity index (χ1v) is 7.10. The second-order valence-corrected chi connectivity index (χ2v) is 5.76. The Bertz CT molecular complexity index is 331. The normalized spacial score (nSPS) is 12.8. The van der Waals surface area contributed by atoms with Crippen molar-refractivity contribution in [1.82, 2.24) is 5.32 Å². The summed E-state index contributed by atoms with van der Waals surface area (Å²) in [6, 6.07) is 5.72. The molecule has 1 aromatic rings. The van der Waals surface area contributed by atoms with E-state index in [-0.39, 0.29) is 0 Å². The van der Waals surface area contributed by atoms with Gasteiger partial charge in [0.1, 0.15) is 0 Å². The van der Waals surface area contributed by atoms with Gasteiger partial charge in [-0.3, -0.25) is 0 Å². The van der Waals surface area contributed by atoms with Crippen molar-refractivity contribution in [3.05, 3.63) is 33.8 Å². The first-order valence-electron chi connectivity index (χ1n) is 5.42. The van der Waals surface area contributed by atoms with Crippen molar-refractivity contribution >= 4 is 39.1 Å². The molecule has 0 radical (unpaired) electrons. The first kappa shape index (κ1) is 14.3. The maximum absolute atomic E-state index is 6.08. The molecule has 1 rings (SSSR count). The third kappa shape index (κ3) is 4.62. The standard InChI is InChI=1S/C12H16BrCl2N/c1-2-10(13)6-7-16-8-9-4-3-5-11(14)12(9)15/h3-5,10,16H,2,6-8H2,1H3. The molecule has 0 heterocycles. The average molecular weight is 325 g/mol. The molecule has 0 saturated heterocycles. The van der Waals surface area contributed by atoms with Crippen LogP contribution in [-0.4, -0.2) is 11.4 Å². The summed E-state index contributed by atoms with van der Waals surface area (Å²) in [6.45, 7) is 3.92. The number of halogens is 3. The van der Waals surface area contributed by atoms with E-state index in [2.05, 4.69) is 28.2 Å². The molecule has 1 unspecified atom stereocenters. The van der Waals surface area contributed by atoms with E-state index in [1.54, 1.807) is 6.07 Å². The van der Waals surface area contributed by atoms with Crippen LogP contribution in [0.1, 0.15) is 25.3 Å². The van der Waals surface area contributed by atoms with E-state index >= 15 is 0 Å². The Morgan fingerprint density at radius 2 is 2.12 bits per heavy atom. The number of hydrogen-bond donors (Lipinski definition) is 1. The van der Waals surface area contributed by atoms with Gasteiger partial charge in [0.2, 0.25) is 0 Å². The summed E-state index contributed by atoms with van der Waals surface area (Å²) in [6.07, 6.45) is 2.27. The molecule has 0 aliphatic rings. The van der Waals surface area contributed by atoms with Crippen molar-refractivity contribution in [3.8, 4) is 0 Å². The molecule has 0 aromatic heterocycles. The van der Waals surface area contributed by atoms with E-state index in [0.29, 0.717) is 14.9 Å². The average Bonchev–Trinajstić information content (AvgIpc) is 2.29. The van der Waals surface area contributed by atoms with Gasteiger partial charge in [-0.2, -0.15) is 0 Å². The zero-order valence-electron chi connectivity index (χ0n) is 9.27. The van der Waals surface area contributed by atoms with Crippen molar-refractivity contribution in [3.63, 3.8) is 0 Å². The quantitative estimate of drug-likeness (QED) is 0.593.